The number of aliphatic hydroxyl groups excluding tert-OH is 1. The molecule has 0 saturated carbocycles. The molecule has 2 amide bonds. The van der Waals surface area contributed by atoms with Gasteiger partial charge in [-0.15, -0.1) is 0 Å². The lowest BCUT2D eigenvalue weighted by Gasteiger charge is -2.17. The van der Waals surface area contributed by atoms with Crippen LogP contribution in [-0.2, 0) is 14.4 Å². The highest BCUT2D eigenvalue weighted by Gasteiger charge is 2.20. The van der Waals surface area contributed by atoms with Crippen molar-refractivity contribution < 1.29 is 19.5 Å². The van der Waals surface area contributed by atoms with Crippen molar-refractivity contribution in [3.05, 3.63) is 0 Å². The van der Waals surface area contributed by atoms with Crippen molar-refractivity contribution in [1.29, 1.82) is 0 Å². The van der Waals surface area contributed by atoms with Crippen molar-refractivity contribution in [2.24, 2.45) is 23.3 Å². The highest BCUT2D eigenvalue weighted by atomic mass is 16.2. The van der Waals surface area contributed by atoms with Crippen molar-refractivity contribution >= 4 is 17.6 Å². The van der Waals surface area contributed by atoms with Crippen LogP contribution in [0.25, 0.3) is 0 Å². The topological polar surface area (TPSA) is 148 Å². The second-order valence-corrected chi connectivity index (χ2v) is 5.56. The predicted molar refractivity (Wildman–Crippen MR) is 112 cm³/mol. The summed E-state index contributed by atoms with van der Waals surface area (Å²) in [5.41, 5.74) is 10.9. The Kier molecular flexibility index (Phi) is 30.0. The van der Waals surface area contributed by atoms with Gasteiger partial charge in [0.1, 0.15) is 0 Å². The third-order valence-corrected chi connectivity index (χ3v) is 2.90. The van der Waals surface area contributed by atoms with E-state index in [1.54, 1.807) is 6.92 Å². The highest BCUT2D eigenvalue weighted by molar-refractivity contribution is 5.90. The number of Topliss-reactive ketones (excluding diaryl/α,β-unsaturated/α-hetero) is 1. The number of carbonyl (C=O) groups excluding carboxylic acids is 3. The summed E-state index contributed by atoms with van der Waals surface area (Å²) < 4.78 is 0. The first kappa shape index (κ1) is 33.1. The van der Waals surface area contributed by atoms with Gasteiger partial charge in [0.05, 0.1) is 18.5 Å². The van der Waals surface area contributed by atoms with E-state index in [9.17, 15) is 14.4 Å². The van der Waals surface area contributed by atoms with E-state index >= 15 is 0 Å². The number of amides is 2. The second-order valence-electron chi connectivity index (χ2n) is 5.56. The van der Waals surface area contributed by atoms with Crippen molar-refractivity contribution in [2.75, 3.05) is 26.2 Å². The second kappa shape index (κ2) is 24.5. The van der Waals surface area contributed by atoms with Gasteiger partial charge in [-0.1, -0.05) is 41.5 Å². The summed E-state index contributed by atoms with van der Waals surface area (Å²) in [6, 6.07) is -0.708. The molecule has 2 atom stereocenters. The van der Waals surface area contributed by atoms with Gasteiger partial charge in [0.15, 0.2) is 5.78 Å². The van der Waals surface area contributed by atoms with Gasteiger partial charge >= 0.3 is 0 Å². The quantitative estimate of drug-likeness (QED) is 0.392. The third kappa shape index (κ3) is 22.4. The Bertz CT molecular complexity index is 364. The molecule has 0 aliphatic carbocycles. The van der Waals surface area contributed by atoms with Crippen molar-refractivity contribution in [3.63, 3.8) is 0 Å². The van der Waals surface area contributed by atoms with Gasteiger partial charge in [-0.25, -0.2) is 0 Å². The van der Waals surface area contributed by atoms with E-state index in [2.05, 4.69) is 10.6 Å². The normalized spacial score (nSPS) is 11.3. The number of hydrogen-bond acceptors (Lipinski definition) is 6. The molecule has 0 aliphatic rings. The monoisotopic (exact) mass is 392 g/mol. The fourth-order valence-corrected chi connectivity index (χ4v) is 1.76. The fourth-order valence-electron chi connectivity index (χ4n) is 1.76. The molecule has 27 heavy (non-hydrogen) atoms. The first-order valence-corrected chi connectivity index (χ1v) is 9.81. The van der Waals surface area contributed by atoms with Gasteiger partial charge in [0.2, 0.25) is 11.8 Å². The van der Waals surface area contributed by atoms with Gasteiger partial charge in [0, 0.05) is 19.7 Å². The molecule has 7 N–H and O–H groups in total. The Morgan fingerprint density at radius 3 is 1.74 bits per heavy atom. The SMILES string of the molecule is CC.CC.CC(=O)C(CN)NC(=O)CNC(=O)C(CN)CC(C)C.CCO. The number of nitrogens with two attached hydrogens (primary N) is 2. The maximum absolute atomic E-state index is 11.8. The maximum Gasteiger partial charge on any atom is 0.240 e. The molecule has 0 bridgehead atoms. The molecule has 0 heterocycles. The van der Waals surface area contributed by atoms with Gasteiger partial charge in [-0.3, -0.25) is 14.4 Å². The minimum atomic E-state index is -0.708. The standard InChI is InChI=1S/C13H26N4O3.C2H6O.2C2H6/c1-8(2)4-10(5-14)13(20)16-7-12(19)17-11(6-15)9(3)18;1-2-3;2*1-2/h8,10-11H,4-7,14-15H2,1-3H3,(H,16,20)(H,17,19);3H,2H2,1H3;2*1-2H3. The summed E-state index contributed by atoms with van der Waals surface area (Å²) in [5.74, 6) is -0.858. The minimum absolute atomic E-state index is 0.0355. The molecule has 0 aliphatic heterocycles. The molecule has 0 saturated heterocycles. The molecule has 164 valence electrons. The van der Waals surface area contributed by atoms with Crippen molar-refractivity contribution in [1.82, 2.24) is 10.6 Å². The molecule has 0 aromatic heterocycles. The summed E-state index contributed by atoms with van der Waals surface area (Å²) >= 11 is 0. The van der Waals surface area contributed by atoms with Gasteiger partial charge in [-0.2, -0.15) is 0 Å². The Labute approximate surface area is 165 Å². The van der Waals surface area contributed by atoms with Crippen LogP contribution in [0.15, 0.2) is 0 Å². The Balaban J connectivity index is -0.000000331. The Hall–Kier alpha value is -1.51. The molecule has 0 fully saturated rings. The summed E-state index contributed by atoms with van der Waals surface area (Å²) in [6.07, 6.45) is 0.669. The van der Waals surface area contributed by atoms with Crippen LogP contribution in [0, 0.1) is 11.8 Å². The van der Waals surface area contributed by atoms with Crippen LogP contribution in [0.1, 0.15) is 61.8 Å². The molecule has 0 rings (SSSR count). The Morgan fingerprint density at radius 2 is 1.44 bits per heavy atom. The fraction of sp³-hybridized carbons (Fsp3) is 0.842. The average Bonchev–Trinajstić information content (AvgIpc) is 2.65. The lowest BCUT2D eigenvalue weighted by atomic mass is 9.96. The zero-order chi connectivity index (χ0) is 22.4. The van der Waals surface area contributed by atoms with Crippen LogP contribution in [0.4, 0.5) is 0 Å². The first-order chi connectivity index (χ1) is 12.7. The van der Waals surface area contributed by atoms with E-state index in [4.69, 9.17) is 16.6 Å². The maximum atomic E-state index is 11.8. The molecule has 2 unspecified atom stereocenters. The highest BCUT2D eigenvalue weighted by Crippen LogP contribution is 2.10. The molecule has 0 radical (unpaired) electrons. The van der Waals surface area contributed by atoms with Gasteiger partial charge in [-0.05, 0) is 26.2 Å². The van der Waals surface area contributed by atoms with Crippen LogP contribution in [-0.4, -0.2) is 55.0 Å². The predicted octanol–water partition coefficient (Wildman–Crippen LogP) is 0.807. The van der Waals surface area contributed by atoms with Crippen LogP contribution in [0.5, 0.6) is 0 Å². The summed E-state index contributed by atoms with van der Waals surface area (Å²) in [5, 5.41) is 12.6. The summed E-state index contributed by atoms with van der Waals surface area (Å²) in [7, 11) is 0. The zero-order valence-electron chi connectivity index (χ0n) is 18.6. The number of hydrogen-bond donors (Lipinski definition) is 5. The number of ketones is 1. The molecule has 8 heteroatoms. The lowest BCUT2D eigenvalue weighted by Crippen LogP contribution is -2.49. The smallest absolute Gasteiger partial charge is 0.240 e. The molecular weight excluding hydrogens is 348 g/mol. The molecule has 0 aromatic carbocycles. The third-order valence-electron chi connectivity index (χ3n) is 2.90. The van der Waals surface area contributed by atoms with E-state index in [1.807, 2.05) is 41.5 Å². The molecule has 0 spiro atoms. The van der Waals surface area contributed by atoms with Gasteiger partial charge < -0.3 is 27.2 Å². The minimum Gasteiger partial charge on any atom is -0.397 e. The van der Waals surface area contributed by atoms with Crippen molar-refractivity contribution in [3.8, 4) is 0 Å². The summed E-state index contributed by atoms with van der Waals surface area (Å²) in [4.78, 5) is 34.6. The number of nitrogens with one attached hydrogen (secondary N) is 2. The molecule has 0 aromatic rings. The molecular formula is C19H44N4O4. The van der Waals surface area contributed by atoms with Gasteiger partial charge in [0.25, 0.3) is 0 Å². The van der Waals surface area contributed by atoms with E-state index < -0.39 is 11.9 Å². The van der Waals surface area contributed by atoms with Crippen LogP contribution in [0.3, 0.4) is 0 Å². The summed E-state index contributed by atoms with van der Waals surface area (Å²) in [6.45, 7) is 15.4. The van der Waals surface area contributed by atoms with Crippen molar-refractivity contribution in [2.45, 2.75) is 67.9 Å². The van der Waals surface area contributed by atoms with E-state index in [-0.39, 0.29) is 43.8 Å². The molecule has 8 nitrogen and oxygen atoms in total. The number of carbonyl (C=O) groups is 3. The lowest BCUT2D eigenvalue weighted by molar-refractivity contribution is -0.129. The van der Waals surface area contributed by atoms with Crippen LogP contribution < -0.4 is 22.1 Å². The zero-order valence-corrected chi connectivity index (χ0v) is 18.6. The average molecular weight is 393 g/mol. The number of rotatable bonds is 9. The van der Waals surface area contributed by atoms with Crippen LogP contribution >= 0.6 is 0 Å². The Morgan fingerprint density at radius 1 is 1.00 bits per heavy atom. The largest absolute Gasteiger partial charge is 0.397 e. The number of aliphatic hydroxyl groups is 1. The van der Waals surface area contributed by atoms with Crippen LogP contribution in [0.2, 0.25) is 0 Å². The van der Waals surface area contributed by atoms with E-state index in [1.165, 1.54) is 6.92 Å². The van der Waals surface area contributed by atoms with E-state index in [0.29, 0.717) is 12.3 Å². The van der Waals surface area contributed by atoms with E-state index in [0.717, 1.165) is 0 Å². The first-order valence-electron chi connectivity index (χ1n) is 9.81.